The fourth-order valence-electron chi connectivity index (χ4n) is 2.65. The number of rotatable bonds is 4. The summed E-state index contributed by atoms with van der Waals surface area (Å²) in [5.41, 5.74) is 1.09. The summed E-state index contributed by atoms with van der Waals surface area (Å²) in [4.78, 5) is 12.4. The normalized spacial score (nSPS) is 13.1. The average Bonchev–Trinajstić information content (AvgIpc) is 2.61. The smallest absolute Gasteiger partial charge is 0.319 e. The van der Waals surface area contributed by atoms with Crippen molar-refractivity contribution < 1.29 is 19.0 Å². The van der Waals surface area contributed by atoms with Crippen LogP contribution in [0, 0.1) is 0 Å². The summed E-state index contributed by atoms with van der Waals surface area (Å²) in [6, 6.07) is 12.7. The van der Waals surface area contributed by atoms with Gasteiger partial charge in [-0.15, -0.1) is 0 Å². The van der Waals surface area contributed by atoms with Gasteiger partial charge in [-0.3, -0.25) is 0 Å². The van der Waals surface area contributed by atoms with Crippen LogP contribution >= 0.6 is 0 Å². The van der Waals surface area contributed by atoms with Crippen LogP contribution in [0.15, 0.2) is 42.5 Å². The van der Waals surface area contributed by atoms with Gasteiger partial charge in [-0.2, -0.15) is 0 Å². The second-order valence-corrected chi connectivity index (χ2v) is 6.29. The van der Waals surface area contributed by atoms with E-state index in [1.165, 1.54) is 0 Å². The van der Waals surface area contributed by atoms with Crippen LogP contribution in [0.2, 0.25) is 0 Å². The average molecular weight is 342 g/mol. The third-order valence-corrected chi connectivity index (χ3v) is 4.04. The van der Waals surface area contributed by atoms with Gasteiger partial charge in [0, 0.05) is 11.8 Å². The van der Waals surface area contributed by atoms with Crippen molar-refractivity contribution in [3.8, 4) is 17.2 Å². The Hall–Kier alpha value is -2.89. The third-order valence-electron chi connectivity index (χ3n) is 4.04. The first-order valence-electron chi connectivity index (χ1n) is 8.11. The van der Waals surface area contributed by atoms with Gasteiger partial charge in [0.1, 0.15) is 19.0 Å². The quantitative estimate of drug-likeness (QED) is 0.892. The van der Waals surface area contributed by atoms with E-state index in [0.29, 0.717) is 30.4 Å². The molecule has 2 N–H and O–H groups in total. The van der Waals surface area contributed by atoms with Crippen LogP contribution in [0.1, 0.15) is 19.4 Å². The lowest BCUT2D eigenvalue weighted by atomic mass is 9.94. The molecular weight excluding hydrogens is 320 g/mol. The van der Waals surface area contributed by atoms with Crippen LogP contribution in [0.3, 0.4) is 0 Å². The minimum atomic E-state index is -0.538. The number of hydrogen-bond acceptors (Lipinski definition) is 4. The third kappa shape index (κ3) is 3.96. The molecule has 1 aliphatic rings. The Labute approximate surface area is 147 Å². The summed E-state index contributed by atoms with van der Waals surface area (Å²) in [6.45, 7) is 4.93. The van der Waals surface area contributed by atoms with Crippen molar-refractivity contribution in [2.75, 3.05) is 25.6 Å². The fraction of sp³-hybridized carbons (Fsp3) is 0.316. The maximum atomic E-state index is 12.4. The first-order valence-corrected chi connectivity index (χ1v) is 8.11. The largest absolute Gasteiger partial charge is 0.497 e. The van der Waals surface area contributed by atoms with Gasteiger partial charge in [0.05, 0.1) is 12.6 Å². The molecule has 0 aromatic heterocycles. The molecule has 0 bridgehead atoms. The SMILES string of the molecule is COc1ccc(C(C)(C)NC(=O)Nc2ccc3c(c2)OCCO3)cc1. The summed E-state index contributed by atoms with van der Waals surface area (Å²) in [5, 5.41) is 5.81. The van der Waals surface area contributed by atoms with Crippen LogP contribution in [-0.4, -0.2) is 26.4 Å². The number of anilines is 1. The van der Waals surface area contributed by atoms with Crippen molar-refractivity contribution >= 4 is 11.7 Å². The molecule has 0 saturated heterocycles. The molecule has 0 spiro atoms. The van der Waals surface area contributed by atoms with E-state index < -0.39 is 5.54 Å². The zero-order chi connectivity index (χ0) is 17.9. The molecule has 6 heteroatoms. The second-order valence-electron chi connectivity index (χ2n) is 6.29. The van der Waals surface area contributed by atoms with Gasteiger partial charge < -0.3 is 24.8 Å². The number of carbonyl (C=O) groups excluding carboxylic acids is 1. The van der Waals surface area contributed by atoms with Gasteiger partial charge >= 0.3 is 6.03 Å². The lowest BCUT2D eigenvalue weighted by Crippen LogP contribution is -2.43. The fourth-order valence-corrected chi connectivity index (χ4v) is 2.65. The zero-order valence-corrected chi connectivity index (χ0v) is 14.6. The van der Waals surface area contributed by atoms with E-state index >= 15 is 0 Å². The summed E-state index contributed by atoms with van der Waals surface area (Å²) in [5.74, 6) is 2.11. The summed E-state index contributed by atoms with van der Waals surface area (Å²) in [6.07, 6.45) is 0. The van der Waals surface area contributed by atoms with Gasteiger partial charge in [0.25, 0.3) is 0 Å². The van der Waals surface area contributed by atoms with E-state index in [-0.39, 0.29) is 6.03 Å². The molecule has 3 rings (SSSR count). The van der Waals surface area contributed by atoms with E-state index in [0.717, 1.165) is 11.3 Å². The van der Waals surface area contributed by atoms with Crippen molar-refractivity contribution in [3.05, 3.63) is 48.0 Å². The molecule has 0 radical (unpaired) electrons. The van der Waals surface area contributed by atoms with E-state index in [2.05, 4.69) is 10.6 Å². The van der Waals surface area contributed by atoms with Gasteiger partial charge in [0.2, 0.25) is 0 Å². The predicted molar refractivity (Wildman–Crippen MR) is 95.6 cm³/mol. The molecule has 1 heterocycles. The van der Waals surface area contributed by atoms with Crippen LogP contribution in [0.5, 0.6) is 17.2 Å². The molecule has 1 aliphatic heterocycles. The molecule has 0 aliphatic carbocycles. The number of methoxy groups -OCH3 is 1. The van der Waals surface area contributed by atoms with E-state index in [1.54, 1.807) is 25.3 Å². The van der Waals surface area contributed by atoms with Crippen LogP contribution < -0.4 is 24.8 Å². The topological polar surface area (TPSA) is 68.8 Å². The number of carbonyl (C=O) groups is 1. The highest BCUT2D eigenvalue weighted by molar-refractivity contribution is 5.90. The highest BCUT2D eigenvalue weighted by Crippen LogP contribution is 2.32. The number of nitrogens with one attached hydrogen (secondary N) is 2. The summed E-state index contributed by atoms with van der Waals surface area (Å²) < 4.78 is 16.2. The Morgan fingerprint density at radius 3 is 2.40 bits per heavy atom. The number of hydrogen-bond donors (Lipinski definition) is 2. The molecule has 2 amide bonds. The Kier molecular flexibility index (Phi) is 4.70. The molecule has 0 saturated carbocycles. The van der Waals surface area contributed by atoms with E-state index in [1.807, 2.05) is 38.1 Å². The molecule has 25 heavy (non-hydrogen) atoms. The number of ether oxygens (including phenoxy) is 3. The highest BCUT2D eigenvalue weighted by Gasteiger charge is 2.23. The number of amides is 2. The molecule has 0 atom stereocenters. The van der Waals surface area contributed by atoms with Crippen molar-refractivity contribution in [1.82, 2.24) is 5.32 Å². The van der Waals surface area contributed by atoms with Crippen molar-refractivity contribution in [3.63, 3.8) is 0 Å². The van der Waals surface area contributed by atoms with Crippen molar-refractivity contribution in [2.24, 2.45) is 0 Å². The predicted octanol–water partition coefficient (Wildman–Crippen LogP) is 3.52. The highest BCUT2D eigenvalue weighted by atomic mass is 16.6. The monoisotopic (exact) mass is 342 g/mol. The van der Waals surface area contributed by atoms with E-state index in [4.69, 9.17) is 14.2 Å². The van der Waals surface area contributed by atoms with Crippen LogP contribution in [0.25, 0.3) is 0 Å². The Morgan fingerprint density at radius 1 is 1.04 bits per heavy atom. The Balaban J connectivity index is 1.66. The van der Waals surface area contributed by atoms with Crippen LogP contribution in [0.4, 0.5) is 10.5 Å². The molecule has 6 nitrogen and oxygen atoms in total. The number of fused-ring (bicyclic) bond motifs is 1. The number of benzene rings is 2. The Bertz CT molecular complexity index is 757. The maximum Gasteiger partial charge on any atom is 0.319 e. The first-order chi connectivity index (χ1) is 12.0. The van der Waals surface area contributed by atoms with Gasteiger partial charge in [0.15, 0.2) is 11.5 Å². The molecular formula is C19H22N2O4. The van der Waals surface area contributed by atoms with Crippen molar-refractivity contribution in [1.29, 1.82) is 0 Å². The van der Waals surface area contributed by atoms with Gasteiger partial charge in [-0.25, -0.2) is 4.79 Å². The molecule has 2 aromatic carbocycles. The van der Waals surface area contributed by atoms with Crippen LogP contribution in [-0.2, 0) is 5.54 Å². The van der Waals surface area contributed by atoms with E-state index in [9.17, 15) is 4.79 Å². The number of urea groups is 1. The second kappa shape index (κ2) is 6.93. The minimum Gasteiger partial charge on any atom is -0.497 e. The van der Waals surface area contributed by atoms with Crippen molar-refractivity contribution in [2.45, 2.75) is 19.4 Å². The minimum absolute atomic E-state index is 0.294. The summed E-state index contributed by atoms with van der Waals surface area (Å²) in [7, 11) is 1.62. The molecule has 132 valence electrons. The molecule has 2 aromatic rings. The lowest BCUT2D eigenvalue weighted by molar-refractivity contribution is 0.171. The van der Waals surface area contributed by atoms with Gasteiger partial charge in [-0.1, -0.05) is 12.1 Å². The Morgan fingerprint density at radius 2 is 1.72 bits per heavy atom. The standard InChI is InChI=1S/C19H22N2O4/c1-19(2,13-4-7-15(23-3)8-5-13)21-18(22)20-14-6-9-16-17(12-14)25-11-10-24-16/h4-9,12H,10-11H2,1-3H3,(H2,20,21,22). The maximum absolute atomic E-state index is 12.4. The molecule has 0 unspecified atom stereocenters. The first kappa shape index (κ1) is 17.0. The summed E-state index contributed by atoms with van der Waals surface area (Å²) >= 11 is 0. The zero-order valence-electron chi connectivity index (χ0n) is 14.6. The van der Waals surface area contributed by atoms with Gasteiger partial charge in [-0.05, 0) is 43.7 Å². The lowest BCUT2D eigenvalue weighted by Gasteiger charge is -2.27. The molecule has 0 fully saturated rings.